The van der Waals surface area contributed by atoms with Crippen LogP contribution in [0.15, 0.2) is 23.2 Å². The van der Waals surface area contributed by atoms with Crippen LogP contribution < -0.4 is 4.74 Å². The standard InChI is InChI=1S/C20H20N2O6S2/c1-3-28-19(26)17-13(12-9-11(27-2)6-7-14(12)21-17)10-15-18(25)22(20(29)30-15)8-4-5-16(23)24/h6-7,9-10,25H,3-5,8H2,1-2H3,(H,23,24). The lowest BCUT2D eigenvalue weighted by Crippen LogP contribution is -2.16. The van der Waals surface area contributed by atoms with Crippen molar-refractivity contribution in [3.63, 3.8) is 0 Å². The number of aromatic nitrogens is 1. The number of hydrogen-bond acceptors (Lipinski definition) is 8. The average molecular weight is 449 g/mol. The number of carbonyl (C=O) groups is 2. The Balaban J connectivity index is 2.04. The van der Waals surface area contributed by atoms with Gasteiger partial charge in [-0.15, -0.1) is 11.3 Å². The van der Waals surface area contributed by atoms with E-state index in [2.05, 4.69) is 4.99 Å². The van der Waals surface area contributed by atoms with E-state index in [9.17, 15) is 14.7 Å². The number of aromatic hydroxyl groups is 1. The summed E-state index contributed by atoms with van der Waals surface area (Å²) in [5.41, 5.74) is 1.89. The summed E-state index contributed by atoms with van der Waals surface area (Å²) in [7, 11) is 1.54. The maximum atomic E-state index is 12.5. The second-order valence-corrected chi connectivity index (χ2v) is 8.00. The molecule has 8 nitrogen and oxygen atoms in total. The summed E-state index contributed by atoms with van der Waals surface area (Å²) in [5.74, 6) is -0.959. The molecule has 10 heteroatoms. The number of aliphatic imine (C=N–C) groups is 1. The van der Waals surface area contributed by atoms with Gasteiger partial charge in [0.05, 0.1) is 24.3 Å². The van der Waals surface area contributed by atoms with Crippen molar-refractivity contribution in [2.24, 2.45) is 4.99 Å². The van der Waals surface area contributed by atoms with Crippen molar-refractivity contribution in [3.05, 3.63) is 32.6 Å². The fourth-order valence-corrected chi connectivity index (χ4v) is 4.29. The van der Waals surface area contributed by atoms with Crippen LogP contribution in [0.1, 0.15) is 30.2 Å². The average Bonchev–Trinajstić information content (AvgIpc) is 3.20. The lowest BCUT2D eigenvalue weighted by molar-refractivity contribution is -0.137. The highest BCUT2D eigenvalue weighted by Crippen LogP contribution is 2.40. The molecule has 0 unspecified atom stereocenters. The van der Waals surface area contributed by atoms with Crippen LogP contribution >= 0.6 is 23.6 Å². The molecule has 1 aliphatic heterocycles. The Hall–Kier alpha value is -2.98. The zero-order chi connectivity index (χ0) is 21.8. The van der Waals surface area contributed by atoms with Crippen molar-refractivity contribution < 1.29 is 29.3 Å². The summed E-state index contributed by atoms with van der Waals surface area (Å²) < 4.78 is 12.3. The molecule has 2 heterocycles. The molecular formula is C20H20N2O6S2. The Kier molecular flexibility index (Phi) is 6.68. The number of carbonyl (C=O) groups excluding carboxylic acids is 1. The minimum absolute atomic E-state index is 0.0275. The van der Waals surface area contributed by atoms with E-state index in [0.717, 1.165) is 11.3 Å². The zero-order valence-electron chi connectivity index (χ0n) is 16.4. The summed E-state index contributed by atoms with van der Waals surface area (Å²) in [6.45, 7) is 2.19. The van der Waals surface area contributed by atoms with E-state index >= 15 is 0 Å². The van der Waals surface area contributed by atoms with Gasteiger partial charge in [0.1, 0.15) is 5.75 Å². The van der Waals surface area contributed by atoms with Gasteiger partial charge in [-0.3, -0.25) is 9.36 Å². The van der Waals surface area contributed by atoms with E-state index in [4.69, 9.17) is 26.8 Å². The molecular weight excluding hydrogens is 428 g/mol. The fraction of sp³-hybridized carbons (Fsp3) is 0.300. The minimum atomic E-state index is -0.912. The lowest BCUT2D eigenvalue weighted by atomic mass is 10.0. The molecule has 0 aliphatic carbocycles. The predicted octanol–water partition coefficient (Wildman–Crippen LogP) is 4.05. The quantitative estimate of drug-likeness (QED) is 0.463. The summed E-state index contributed by atoms with van der Waals surface area (Å²) in [6, 6.07) is 5.25. The Labute approximate surface area is 181 Å². The van der Waals surface area contributed by atoms with Crippen molar-refractivity contribution in [3.8, 4) is 11.6 Å². The number of thiazole rings is 1. The highest BCUT2D eigenvalue weighted by molar-refractivity contribution is 7.73. The van der Waals surface area contributed by atoms with Crippen molar-refractivity contribution >= 4 is 58.5 Å². The predicted molar refractivity (Wildman–Crippen MR) is 116 cm³/mol. The number of rotatable bonds is 8. The van der Waals surface area contributed by atoms with Gasteiger partial charge in [0.15, 0.2) is 9.67 Å². The molecule has 0 saturated carbocycles. The summed E-state index contributed by atoms with van der Waals surface area (Å²) in [4.78, 5) is 28.0. The van der Waals surface area contributed by atoms with Crippen LogP contribution in [0.2, 0.25) is 0 Å². The zero-order valence-corrected chi connectivity index (χ0v) is 18.0. The monoisotopic (exact) mass is 448 g/mol. The normalized spacial score (nSPS) is 13.8. The molecule has 0 bridgehead atoms. The molecule has 1 aromatic heterocycles. The summed E-state index contributed by atoms with van der Waals surface area (Å²) in [6.07, 6.45) is 1.95. The molecule has 0 amide bonds. The highest BCUT2D eigenvalue weighted by Gasteiger charge is 2.28. The number of nitrogens with zero attached hydrogens (tertiary/aromatic N) is 2. The van der Waals surface area contributed by atoms with Crippen molar-refractivity contribution in [1.82, 2.24) is 4.57 Å². The Morgan fingerprint density at radius 3 is 2.80 bits per heavy atom. The molecule has 0 saturated heterocycles. The number of fused-ring (bicyclic) bond motifs is 1. The minimum Gasteiger partial charge on any atom is -0.497 e. The molecule has 2 N–H and O–H groups in total. The Bertz CT molecular complexity index is 1110. The molecule has 0 radical (unpaired) electrons. The van der Waals surface area contributed by atoms with Crippen LogP contribution in [0.3, 0.4) is 0 Å². The summed E-state index contributed by atoms with van der Waals surface area (Å²) >= 11 is 6.49. The first-order valence-electron chi connectivity index (χ1n) is 9.16. The van der Waals surface area contributed by atoms with Crippen LogP contribution in [0.4, 0.5) is 5.69 Å². The molecule has 0 fully saturated rings. The van der Waals surface area contributed by atoms with Gasteiger partial charge >= 0.3 is 11.9 Å². The molecule has 158 valence electrons. The molecule has 2 aromatic rings. The highest BCUT2D eigenvalue weighted by atomic mass is 32.1. The van der Waals surface area contributed by atoms with Gasteiger partial charge in [0.2, 0.25) is 5.88 Å². The van der Waals surface area contributed by atoms with E-state index in [1.807, 2.05) is 0 Å². The molecule has 1 aromatic carbocycles. The van der Waals surface area contributed by atoms with Crippen molar-refractivity contribution in [2.75, 3.05) is 13.7 Å². The first kappa shape index (κ1) is 21.7. The molecule has 0 atom stereocenters. The van der Waals surface area contributed by atoms with E-state index in [-0.39, 0.29) is 31.2 Å². The van der Waals surface area contributed by atoms with Crippen LogP contribution in [0, 0.1) is 3.95 Å². The molecule has 0 spiro atoms. The maximum absolute atomic E-state index is 12.5. The number of hydrogen-bond donors (Lipinski definition) is 2. The number of benzene rings is 1. The van der Waals surface area contributed by atoms with E-state index in [1.54, 1.807) is 38.3 Å². The van der Waals surface area contributed by atoms with Gasteiger partial charge in [-0.05, 0) is 49.8 Å². The van der Waals surface area contributed by atoms with Gasteiger partial charge in [0, 0.05) is 24.1 Å². The largest absolute Gasteiger partial charge is 0.497 e. The first-order valence-corrected chi connectivity index (χ1v) is 10.4. The van der Waals surface area contributed by atoms with Gasteiger partial charge in [-0.1, -0.05) is 0 Å². The van der Waals surface area contributed by atoms with E-state index in [1.165, 1.54) is 4.57 Å². The van der Waals surface area contributed by atoms with Crippen LogP contribution in [-0.2, 0) is 20.9 Å². The summed E-state index contributed by atoms with van der Waals surface area (Å²) in [5, 5.41) is 19.5. The smallest absolute Gasteiger partial charge is 0.357 e. The first-order chi connectivity index (χ1) is 14.3. The van der Waals surface area contributed by atoms with Crippen LogP contribution in [0.25, 0.3) is 11.6 Å². The Morgan fingerprint density at radius 1 is 1.37 bits per heavy atom. The van der Waals surface area contributed by atoms with Crippen LogP contribution in [0.5, 0.6) is 11.6 Å². The number of methoxy groups -OCH3 is 1. The maximum Gasteiger partial charge on any atom is 0.357 e. The third-order valence-electron chi connectivity index (χ3n) is 4.39. The lowest BCUT2D eigenvalue weighted by Gasteiger charge is -2.07. The van der Waals surface area contributed by atoms with E-state index < -0.39 is 11.9 Å². The fourth-order valence-electron chi connectivity index (χ4n) is 2.99. The number of aliphatic carboxylic acids is 1. The van der Waals surface area contributed by atoms with Crippen molar-refractivity contribution in [2.45, 2.75) is 26.3 Å². The second kappa shape index (κ2) is 9.23. The van der Waals surface area contributed by atoms with Crippen molar-refractivity contribution in [1.29, 1.82) is 0 Å². The number of ether oxygens (including phenoxy) is 2. The molecule has 3 rings (SSSR count). The van der Waals surface area contributed by atoms with E-state index in [0.29, 0.717) is 37.8 Å². The van der Waals surface area contributed by atoms with Gasteiger partial charge < -0.3 is 19.7 Å². The third-order valence-corrected chi connectivity index (χ3v) is 5.78. The molecule has 30 heavy (non-hydrogen) atoms. The Morgan fingerprint density at radius 2 is 2.13 bits per heavy atom. The number of esters is 1. The SMILES string of the molecule is CCOC(=O)C1=Nc2ccc(OC)cc2C1=Cc1sc(=S)n(CCCC(=O)O)c1O. The second-order valence-electron chi connectivity index (χ2n) is 6.33. The molecule has 1 aliphatic rings. The number of carboxylic acids is 1. The van der Waals surface area contributed by atoms with Gasteiger partial charge in [0.25, 0.3) is 0 Å². The van der Waals surface area contributed by atoms with Crippen LogP contribution in [-0.4, -0.2) is 46.1 Å². The van der Waals surface area contributed by atoms with Gasteiger partial charge in [-0.2, -0.15) is 0 Å². The van der Waals surface area contributed by atoms with Gasteiger partial charge in [-0.25, -0.2) is 9.79 Å². The number of carboxylic acid groups (broad SMARTS) is 1. The topological polar surface area (TPSA) is 110 Å². The third kappa shape index (κ3) is 4.44.